The summed E-state index contributed by atoms with van der Waals surface area (Å²) in [5.74, 6) is -0.585. The minimum absolute atomic E-state index is 0.0409. The first-order valence-electron chi connectivity index (χ1n) is 8.47. The SMILES string of the molecule is O=C(CCC(=O)Nc1cccc(Cl)c1)N/N=C/c1cccc2ccccc12. The smallest absolute Gasteiger partial charge is 0.240 e. The first-order valence-corrected chi connectivity index (χ1v) is 8.85. The Bertz CT molecular complexity index is 996. The highest BCUT2D eigenvalue weighted by atomic mass is 35.5. The lowest BCUT2D eigenvalue weighted by Gasteiger charge is -2.05. The fraction of sp³-hybridized carbons (Fsp3) is 0.0952. The van der Waals surface area contributed by atoms with Crippen molar-refractivity contribution in [3.8, 4) is 0 Å². The number of hydrazone groups is 1. The molecule has 0 atom stereocenters. The van der Waals surface area contributed by atoms with Crippen LogP contribution in [-0.4, -0.2) is 18.0 Å². The number of anilines is 1. The fourth-order valence-electron chi connectivity index (χ4n) is 2.61. The van der Waals surface area contributed by atoms with Crippen molar-refractivity contribution in [2.24, 2.45) is 5.10 Å². The Labute approximate surface area is 162 Å². The second-order valence-electron chi connectivity index (χ2n) is 5.92. The fourth-order valence-corrected chi connectivity index (χ4v) is 2.80. The van der Waals surface area contributed by atoms with Gasteiger partial charge < -0.3 is 5.32 Å². The van der Waals surface area contributed by atoms with E-state index < -0.39 is 0 Å². The lowest BCUT2D eigenvalue weighted by molar-refractivity contribution is -0.124. The maximum Gasteiger partial charge on any atom is 0.240 e. The van der Waals surface area contributed by atoms with Crippen LogP contribution >= 0.6 is 11.6 Å². The number of hydrogen-bond donors (Lipinski definition) is 2. The number of rotatable bonds is 6. The number of carbonyl (C=O) groups is 2. The summed E-state index contributed by atoms with van der Waals surface area (Å²) in [7, 11) is 0. The van der Waals surface area contributed by atoms with E-state index in [1.54, 1.807) is 30.5 Å². The summed E-state index contributed by atoms with van der Waals surface area (Å²) < 4.78 is 0. The van der Waals surface area contributed by atoms with Crippen molar-refractivity contribution in [1.82, 2.24) is 5.43 Å². The molecule has 0 bridgehead atoms. The second kappa shape index (κ2) is 8.96. The van der Waals surface area contributed by atoms with E-state index in [4.69, 9.17) is 11.6 Å². The Hall–Kier alpha value is -3.18. The van der Waals surface area contributed by atoms with E-state index in [1.807, 2.05) is 42.5 Å². The molecule has 136 valence electrons. The van der Waals surface area contributed by atoms with Gasteiger partial charge in [-0.1, -0.05) is 60.1 Å². The number of amides is 2. The Kier molecular flexibility index (Phi) is 6.18. The van der Waals surface area contributed by atoms with Crippen LogP contribution < -0.4 is 10.7 Å². The molecule has 0 saturated carbocycles. The number of fused-ring (bicyclic) bond motifs is 1. The first kappa shape index (κ1) is 18.6. The van der Waals surface area contributed by atoms with Gasteiger partial charge >= 0.3 is 0 Å². The molecule has 3 rings (SSSR count). The molecule has 0 aliphatic carbocycles. The number of hydrogen-bond acceptors (Lipinski definition) is 3. The van der Waals surface area contributed by atoms with E-state index in [2.05, 4.69) is 15.8 Å². The molecule has 5 nitrogen and oxygen atoms in total. The van der Waals surface area contributed by atoms with Gasteiger partial charge in [0.1, 0.15) is 0 Å². The van der Waals surface area contributed by atoms with Crippen LogP contribution in [0.4, 0.5) is 5.69 Å². The van der Waals surface area contributed by atoms with Crippen molar-refractivity contribution in [3.05, 3.63) is 77.3 Å². The maximum atomic E-state index is 11.9. The van der Waals surface area contributed by atoms with Crippen molar-refractivity contribution in [2.75, 3.05) is 5.32 Å². The van der Waals surface area contributed by atoms with Crippen LogP contribution in [0.5, 0.6) is 0 Å². The number of halogens is 1. The Morgan fingerprint density at radius 2 is 1.67 bits per heavy atom. The molecule has 3 aromatic carbocycles. The first-order chi connectivity index (χ1) is 13.1. The number of nitrogens with one attached hydrogen (secondary N) is 2. The van der Waals surface area contributed by atoms with Crippen LogP contribution in [0.2, 0.25) is 5.02 Å². The van der Waals surface area contributed by atoms with Crippen LogP contribution in [0, 0.1) is 0 Å². The normalized spacial score (nSPS) is 10.9. The van der Waals surface area contributed by atoms with E-state index in [9.17, 15) is 9.59 Å². The van der Waals surface area contributed by atoms with Crippen LogP contribution in [-0.2, 0) is 9.59 Å². The third-order valence-electron chi connectivity index (χ3n) is 3.90. The van der Waals surface area contributed by atoms with Gasteiger partial charge in [0.05, 0.1) is 6.21 Å². The Balaban J connectivity index is 1.49. The van der Waals surface area contributed by atoms with Crippen molar-refractivity contribution in [2.45, 2.75) is 12.8 Å². The van der Waals surface area contributed by atoms with Gasteiger partial charge in [0, 0.05) is 29.1 Å². The quantitative estimate of drug-likeness (QED) is 0.493. The molecular formula is C21H18ClN3O2. The lowest BCUT2D eigenvalue weighted by Crippen LogP contribution is -2.20. The van der Waals surface area contributed by atoms with E-state index >= 15 is 0 Å². The average molecular weight is 380 g/mol. The third-order valence-corrected chi connectivity index (χ3v) is 4.14. The molecule has 0 fully saturated rings. The van der Waals surface area contributed by atoms with Crippen LogP contribution in [0.15, 0.2) is 71.8 Å². The molecule has 27 heavy (non-hydrogen) atoms. The molecule has 2 N–H and O–H groups in total. The largest absolute Gasteiger partial charge is 0.326 e. The van der Waals surface area contributed by atoms with Gasteiger partial charge in [0.15, 0.2) is 0 Å². The van der Waals surface area contributed by atoms with Gasteiger partial charge in [-0.3, -0.25) is 9.59 Å². The van der Waals surface area contributed by atoms with E-state index in [0.29, 0.717) is 10.7 Å². The van der Waals surface area contributed by atoms with Gasteiger partial charge in [-0.15, -0.1) is 0 Å². The highest BCUT2D eigenvalue weighted by Gasteiger charge is 2.07. The molecule has 0 spiro atoms. The Morgan fingerprint density at radius 3 is 2.52 bits per heavy atom. The molecular weight excluding hydrogens is 362 g/mol. The molecule has 0 unspecified atom stereocenters. The molecule has 0 radical (unpaired) electrons. The zero-order chi connectivity index (χ0) is 19.1. The average Bonchev–Trinajstić information content (AvgIpc) is 2.67. The van der Waals surface area contributed by atoms with Gasteiger partial charge in [-0.05, 0) is 29.0 Å². The molecule has 3 aromatic rings. The van der Waals surface area contributed by atoms with Crippen LogP contribution in [0.25, 0.3) is 10.8 Å². The number of carbonyl (C=O) groups excluding carboxylic acids is 2. The van der Waals surface area contributed by atoms with Gasteiger partial charge in [0.25, 0.3) is 0 Å². The number of nitrogens with zero attached hydrogens (tertiary/aromatic N) is 1. The summed E-state index contributed by atoms with van der Waals surface area (Å²) in [6, 6.07) is 20.7. The van der Waals surface area contributed by atoms with Crippen LogP contribution in [0.1, 0.15) is 18.4 Å². The predicted molar refractivity (Wildman–Crippen MR) is 109 cm³/mol. The summed E-state index contributed by atoms with van der Waals surface area (Å²) in [6.07, 6.45) is 1.70. The number of benzene rings is 3. The van der Waals surface area contributed by atoms with Crippen LogP contribution in [0.3, 0.4) is 0 Å². The highest BCUT2D eigenvalue weighted by Crippen LogP contribution is 2.17. The maximum absolute atomic E-state index is 11.9. The summed E-state index contributed by atoms with van der Waals surface area (Å²) in [4.78, 5) is 23.8. The van der Waals surface area contributed by atoms with Crippen molar-refractivity contribution in [1.29, 1.82) is 0 Å². The summed E-state index contributed by atoms with van der Waals surface area (Å²) >= 11 is 5.87. The molecule has 0 aromatic heterocycles. The standard InChI is InChI=1S/C21H18ClN3O2/c22-17-8-4-9-18(13-17)24-20(26)11-12-21(27)25-23-14-16-7-3-6-15-5-1-2-10-19(15)16/h1-10,13-14H,11-12H2,(H,24,26)(H,25,27)/b23-14+. The predicted octanol–water partition coefficient (Wildman–Crippen LogP) is 4.36. The summed E-state index contributed by atoms with van der Waals surface area (Å²) in [5.41, 5.74) is 3.96. The highest BCUT2D eigenvalue weighted by molar-refractivity contribution is 6.30. The molecule has 0 aliphatic rings. The van der Waals surface area contributed by atoms with Crippen molar-refractivity contribution < 1.29 is 9.59 Å². The second-order valence-corrected chi connectivity index (χ2v) is 6.36. The third kappa shape index (κ3) is 5.39. The molecule has 0 heterocycles. The van der Waals surface area contributed by atoms with Gasteiger partial charge in [0.2, 0.25) is 11.8 Å². The van der Waals surface area contributed by atoms with E-state index in [0.717, 1.165) is 16.3 Å². The van der Waals surface area contributed by atoms with E-state index in [1.165, 1.54) is 0 Å². The topological polar surface area (TPSA) is 70.6 Å². The lowest BCUT2D eigenvalue weighted by atomic mass is 10.1. The van der Waals surface area contributed by atoms with Gasteiger partial charge in [-0.25, -0.2) is 5.43 Å². The zero-order valence-electron chi connectivity index (χ0n) is 14.5. The zero-order valence-corrected chi connectivity index (χ0v) is 15.2. The molecule has 6 heteroatoms. The van der Waals surface area contributed by atoms with E-state index in [-0.39, 0.29) is 24.7 Å². The molecule has 0 saturated heterocycles. The molecule has 0 aliphatic heterocycles. The molecule has 2 amide bonds. The minimum atomic E-state index is -0.326. The minimum Gasteiger partial charge on any atom is -0.326 e. The van der Waals surface area contributed by atoms with Gasteiger partial charge in [-0.2, -0.15) is 5.10 Å². The Morgan fingerprint density at radius 1 is 0.926 bits per heavy atom. The summed E-state index contributed by atoms with van der Waals surface area (Å²) in [5, 5.41) is 9.38. The van der Waals surface area contributed by atoms with Crippen molar-refractivity contribution >= 4 is 46.1 Å². The summed E-state index contributed by atoms with van der Waals surface area (Å²) in [6.45, 7) is 0. The van der Waals surface area contributed by atoms with Crippen molar-refractivity contribution in [3.63, 3.8) is 0 Å². The monoisotopic (exact) mass is 379 g/mol.